The van der Waals surface area contributed by atoms with Gasteiger partial charge in [-0.15, -0.1) is 0 Å². The Labute approximate surface area is 158 Å². The van der Waals surface area contributed by atoms with E-state index in [-0.39, 0.29) is 18.2 Å². The van der Waals surface area contributed by atoms with Crippen LogP contribution in [0.2, 0.25) is 0 Å². The number of nitrogens with zero attached hydrogens (tertiary/aromatic N) is 2. The van der Waals surface area contributed by atoms with Crippen LogP contribution in [-0.2, 0) is 9.59 Å². The number of para-hydroxylation sites is 1. The number of carbonyl (C=O) groups is 2. The van der Waals surface area contributed by atoms with Crippen LogP contribution in [0.15, 0.2) is 64.1 Å². The van der Waals surface area contributed by atoms with Gasteiger partial charge in [-0.25, -0.2) is 4.99 Å². The molecule has 7 heteroatoms. The van der Waals surface area contributed by atoms with Crippen LogP contribution in [0.5, 0.6) is 0 Å². The smallest absolute Gasteiger partial charge is 0.238 e. The normalized spacial score (nSPS) is 19.1. The van der Waals surface area contributed by atoms with E-state index < -0.39 is 5.25 Å². The molecule has 5 nitrogen and oxygen atoms in total. The number of halogens is 1. The first-order valence-electron chi connectivity index (χ1n) is 7.66. The SMILES string of the molecule is CN1C(=O)C[C@H](C(=O)Nc2ccccc2)SC1=Nc1ccc(Br)cc1. The summed E-state index contributed by atoms with van der Waals surface area (Å²) in [6.45, 7) is 0. The third-order valence-corrected chi connectivity index (χ3v) is 5.42. The minimum absolute atomic E-state index is 0.122. The van der Waals surface area contributed by atoms with Crippen molar-refractivity contribution >= 4 is 56.0 Å². The fourth-order valence-corrected chi connectivity index (χ4v) is 3.60. The summed E-state index contributed by atoms with van der Waals surface area (Å²) < 4.78 is 0.956. The van der Waals surface area contributed by atoms with Gasteiger partial charge < -0.3 is 5.32 Å². The average molecular weight is 418 g/mol. The second-order valence-corrected chi connectivity index (χ2v) is 7.58. The number of nitrogens with one attached hydrogen (secondary N) is 1. The van der Waals surface area contributed by atoms with Crippen molar-refractivity contribution in [2.75, 3.05) is 12.4 Å². The lowest BCUT2D eigenvalue weighted by Crippen LogP contribution is -2.43. The summed E-state index contributed by atoms with van der Waals surface area (Å²) in [4.78, 5) is 30.8. The Bertz CT molecular complexity index is 809. The van der Waals surface area contributed by atoms with Gasteiger partial charge in [0.15, 0.2) is 5.17 Å². The molecule has 0 aliphatic carbocycles. The van der Waals surface area contributed by atoms with E-state index in [0.717, 1.165) is 10.2 Å². The van der Waals surface area contributed by atoms with Gasteiger partial charge in [-0.2, -0.15) is 0 Å². The van der Waals surface area contributed by atoms with Gasteiger partial charge in [-0.05, 0) is 36.4 Å². The first kappa shape index (κ1) is 17.7. The maximum absolute atomic E-state index is 12.5. The highest BCUT2D eigenvalue weighted by molar-refractivity contribution is 9.10. The summed E-state index contributed by atoms with van der Waals surface area (Å²) in [6.07, 6.45) is 0.152. The van der Waals surface area contributed by atoms with Crippen LogP contribution in [-0.4, -0.2) is 34.2 Å². The monoisotopic (exact) mass is 417 g/mol. The molecule has 2 aromatic carbocycles. The molecular weight excluding hydrogens is 402 g/mol. The van der Waals surface area contributed by atoms with Gasteiger partial charge in [-0.3, -0.25) is 14.5 Å². The molecule has 1 atom stereocenters. The zero-order valence-corrected chi connectivity index (χ0v) is 15.9. The third kappa shape index (κ3) is 4.49. The topological polar surface area (TPSA) is 61.8 Å². The number of carbonyl (C=O) groups excluding carboxylic acids is 2. The van der Waals surface area contributed by atoms with Crippen molar-refractivity contribution in [3.8, 4) is 0 Å². The molecule has 1 N–H and O–H groups in total. The van der Waals surface area contributed by atoms with Crippen LogP contribution in [0.25, 0.3) is 0 Å². The van der Waals surface area contributed by atoms with Crippen LogP contribution in [0.1, 0.15) is 6.42 Å². The molecule has 0 bridgehead atoms. The van der Waals surface area contributed by atoms with E-state index in [0.29, 0.717) is 10.9 Å². The summed E-state index contributed by atoms with van der Waals surface area (Å²) in [5.41, 5.74) is 1.44. The summed E-state index contributed by atoms with van der Waals surface area (Å²) in [5.74, 6) is -0.316. The van der Waals surface area contributed by atoms with E-state index in [1.807, 2.05) is 54.6 Å². The molecule has 0 unspecified atom stereocenters. The molecule has 25 heavy (non-hydrogen) atoms. The molecule has 1 aliphatic heterocycles. The Morgan fingerprint density at radius 1 is 1.20 bits per heavy atom. The molecule has 3 rings (SSSR count). The number of amidine groups is 1. The minimum Gasteiger partial charge on any atom is -0.325 e. The fourth-order valence-electron chi connectivity index (χ4n) is 2.27. The quantitative estimate of drug-likeness (QED) is 0.819. The standard InChI is InChI=1S/C18H16BrN3O2S/c1-22-16(23)11-15(17(24)20-13-5-3-2-4-6-13)25-18(22)21-14-9-7-12(19)8-10-14/h2-10,15H,11H2,1H3,(H,20,24)/t15-/m1/s1. The Hall–Kier alpha value is -2.12. The second kappa shape index (κ2) is 7.84. The number of hydrogen-bond donors (Lipinski definition) is 1. The highest BCUT2D eigenvalue weighted by Crippen LogP contribution is 2.29. The molecule has 1 aliphatic rings. The van der Waals surface area contributed by atoms with Crippen molar-refractivity contribution in [3.05, 3.63) is 59.1 Å². The summed E-state index contributed by atoms with van der Waals surface area (Å²) in [7, 11) is 1.68. The average Bonchev–Trinajstić information content (AvgIpc) is 2.61. The van der Waals surface area contributed by atoms with Gasteiger partial charge in [0.25, 0.3) is 0 Å². The Morgan fingerprint density at radius 2 is 1.88 bits per heavy atom. The van der Waals surface area contributed by atoms with Crippen LogP contribution in [0, 0.1) is 0 Å². The zero-order valence-electron chi connectivity index (χ0n) is 13.5. The number of benzene rings is 2. The number of rotatable bonds is 3. The number of thioether (sulfide) groups is 1. The van der Waals surface area contributed by atoms with Gasteiger partial charge in [0.05, 0.1) is 5.69 Å². The second-order valence-electron chi connectivity index (χ2n) is 5.49. The Kier molecular flexibility index (Phi) is 5.55. The van der Waals surface area contributed by atoms with E-state index >= 15 is 0 Å². The molecule has 1 heterocycles. The molecule has 0 aromatic heterocycles. The molecule has 1 fully saturated rings. The first-order valence-corrected chi connectivity index (χ1v) is 9.33. The van der Waals surface area contributed by atoms with Crippen molar-refractivity contribution in [2.45, 2.75) is 11.7 Å². The van der Waals surface area contributed by atoms with E-state index in [2.05, 4.69) is 26.2 Å². The number of amides is 2. The maximum Gasteiger partial charge on any atom is 0.238 e. The molecule has 2 amide bonds. The summed E-state index contributed by atoms with van der Waals surface area (Å²) >= 11 is 4.68. The molecule has 1 saturated heterocycles. The van der Waals surface area contributed by atoms with E-state index in [1.54, 1.807) is 7.05 Å². The highest BCUT2D eigenvalue weighted by atomic mass is 79.9. The lowest BCUT2D eigenvalue weighted by Gasteiger charge is -2.28. The maximum atomic E-state index is 12.5. The van der Waals surface area contributed by atoms with E-state index in [9.17, 15) is 9.59 Å². The zero-order chi connectivity index (χ0) is 17.8. The summed E-state index contributed by atoms with van der Waals surface area (Å²) in [5, 5.41) is 2.87. The highest BCUT2D eigenvalue weighted by Gasteiger charge is 2.34. The van der Waals surface area contributed by atoms with Crippen LogP contribution >= 0.6 is 27.7 Å². The van der Waals surface area contributed by atoms with Crippen LogP contribution in [0.4, 0.5) is 11.4 Å². The van der Waals surface area contributed by atoms with Crippen molar-refractivity contribution in [2.24, 2.45) is 4.99 Å². The van der Waals surface area contributed by atoms with Gasteiger partial charge in [0, 0.05) is 23.6 Å². The van der Waals surface area contributed by atoms with Gasteiger partial charge in [0.1, 0.15) is 5.25 Å². The van der Waals surface area contributed by atoms with E-state index in [4.69, 9.17) is 0 Å². The lowest BCUT2D eigenvalue weighted by atomic mass is 10.2. The number of anilines is 1. The van der Waals surface area contributed by atoms with Crippen LogP contribution in [0.3, 0.4) is 0 Å². The Morgan fingerprint density at radius 3 is 2.56 bits per heavy atom. The van der Waals surface area contributed by atoms with Crippen molar-refractivity contribution in [3.63, 3.8) is 0 Å². The fraction of sp³-hybridized carbons (Fsp3) is 0.167. The van der Waals surface area contributed by atoms with Crippen molar-refractivity contribution in [1.82, 2.24) is 4.90 Å². The first-order chi connectivity index (χ1) is 12.0. The predicted octanol–water partition coefficient (Wildman–Crippen LogP) is 4.04. The van der Waals surface area contributed by atoms with Crippen molar-refractivity contribution in [1.29, 1.82) is 0 Å². The predicted molar refractivity (Wildman–Crippen MR) is 105 cm³/mol. The van der Waals surface area contributed by atoms with E-state index in [1.165, 1.54) is 16.7 Å². The molecule has 0 radical (unpaired) electrons. The molecule has 2 aromatic rings. The number of aliphatic imine (C=N–C) groups is 1. The third-order valence-electron chi connectivity index (χ3n) is 3.65. The number of hydrogen-bond acceptors (Lipinski definition) is 4. The van der Waals surface area contributed by atoms with Crippen molar-refractivity contribution < 1.29 is 9.59 Å². The van der Waals surface area contributed by atoms with Gasteiger partial charge in [0.2, 0.25) is 11.8 Å². The molecule has 0 spiro atoms. The molecular formula is C18H16BrN3O2S. The van der Waals surface area contributed by atoms with Gasteiger partial charge in [-0.1, -0.05) is 45.9 Å². The summed E-state index contributed by atoms with van der Waals surface area (Å²) in [6, 6.07) is 16.7. The molecule has 0 saturated carbocycles. The Balaban J connectivity index is 1.77. The minimum atomic E-state index is -0.502. The largest absolute Gasteiger partial charge is 0.325 e. The lowest BCUT2D eigenvalue weighted by molar-refractivity contribution is -0.128. The molecule has 128 valence electrons. The van der Waals surface area contributed by atoms with Crippen LogP contribution < -0.4 is 5.32 Å². The van der Waals surface area contributed by atoms with Gasteiger partial charge >= 0.3 is 0 Å².